The van der Waals surface area contributed by atoms with Crippen molar-refractivity contribution in [3.8, 4) is 0 Å². The maximum atomic E-state index is 12.9. The highest BCUT2D eigenvalue weighted by atomic mass is 19.1. The molecule has 0 bridgehead atoms. The van der Waals surface area contributed by atoms with E-state index in [1.54, 1.807) is 36.4 Å². The predicted molar refractivity (Wildman–Crippen MR) is 96.7 cm³/mol. The quantitative estimate of drug-likeness (QED) is 0.793. The van der Waals surface area contributed by atoms with Crippen LogP contribution in [0.25, 0.3) is 0 Å². The van der Waals surface area contributed by atoms with Gasteiger partial charge in [-0.25, -0.2) is 9.18 Å². The Balaban J connectivity index is 1.47. The first-order valence-corrected chi connectivity index (χ1v) is 8.46. The molecule has 0 spiro atoms. The summed E-state index contributed by atoms with van der Waals surface area (Å²) in [5, 5.41) is 6.75. The molecule has 0 aliphatic carbocycles. The van der Waals surface area contributed by atoms with E-state index in [-0.39, 0.29) is 11.7 Å². The fourth-order valence-electron chi connectivity index (χ4n) is 2.69. The predicted octanol–water partition coefficient (Wildman–Crippen LogP) is 2.62. The second-order valence-corrected chi connectivity index (χ2v) is 6.17. The molecule has 3 rings (SSSR count). The Kier molecular flexibility index (Phi) is 5.80. The molecule has 1 N–H and O–H groups in total. The largest absolute Gasteiger partial charge is 0.465 e. The van der Waals surface area contributed by atoms with E-state index in [4.69, 9.17) is 4.84 Å². The lowest BCUT2D eigenvalue weighted by Gasteiger charge is -2.10. The van der Waals surface area contributed by atoms with Gasteiger partial charge in [0.25, 0.3) is 5.91 Å². The van der Waals surface area contributed by atoms with Gasteiger partial charge in [-0.15, -0.1) is 0 Å². The average molecular weight is 370 g/mol. The molecule has 2 aromatic carbocycles. The highest BCUT2D eigenvalue weighted by Crippen LogP contribution is 2.15. The molecule has 0 radical (unpaired) electrons. The smallest absolute Gasteiger partial charge is 0.337 e. The van der Waals surface area contributed by atoms with Crippen molar-refractivity contribution in [2.45, 2.75) is 25.5 Å². The van der Waals surface area contributed by atoms with Crippen LogP contribution < -0.4 is 5.32 Å². The van der Waals surface area contributed by atoms with E-state index in [0.717, 1.165) is 16.8 Å². The molecule has 2 aromatic rings. The molecule has 27 heavy (non-hydrogen) atoms. The van der Waals surface area contributed by atoms with E-state index in [1.807, 2.05) is 0 Å². The molecule has 0 fully saturated rings. The zero-order valence-electron chi connectivity index (χ0n) is 14.8. The summed E-state index contributed by atoms with van der Waals surface area (Å²) in [6.45, 7) is 0.313. The molecule has 140 valence electrons. The number of methoxy groups -OCH3 is 1. The lowest BCUT2D eigenvalue weighted by Crippen LogP contribution is -2.34. The first kappa shape index (κ1) is 18.6. The van der Waals surface area contributed by atoms with E-state index < -0.39 is 12.1 Å². The average Bonchev–Trinajstić information content (AvgIpc) is 3.16. The van der Waals surface area contributed by atoms with Crippen molar-refractivity contribution >= 4 is 17.6 Å². The zero-order chi connectivity index (χ0) is 19.2. The summed E-state index contributed by atoms with van der Waals surface area (Å²) >= 11 is 0. The number of rotatable bonds is 6. The number of hydrogen-bond donors (Lipinski definition) is 1. The van der Waals surface area contributed by atoms with Crippen LogP contribution >= 0.6 is 0 Å². The number of carbonyl (C=O) groups excluding carboxylic acids is 2. The number of hydrogen-bond acceptors (Lipinski definition) is 5. The van der Waals surface area contributed by atoms with Crippen molar-refractivity contribution < 1.29 is 23.6 Å². The van der Waals surface area contributed by atoms with Crippen molar-refractivity contribution in [1.82, 2.24) is 5.32 Å². The number of halogens is 1. The van der Waals surface area contributed by atoms with Crippen LogP contribution in [0.15, 0.2) is 53.7 Å². The summed E-state index contributed by atoms with van der Waals surface area (Å²) in [4.78, 5) is 28.9. The van der Waals surface area contributed by atoms with E-state index in [1.165, 1.54) is 19.2 Å². The molecule has 1 unspecified atom stereocenters. The molecule has 1 aliphatic rings. The number of nitrogens with one attached hydrogen (secondary N) is 1. The van der Waals surface area contributed by atoms with Gasteiger partial charge in [-0.2, -0.15) is 0 Å². The Morgan fingerprint density at radius 3 is 2.48 bits per heavy atom. The standard InChI is InChI=1S/C20H19FN2O4/c1-26-20(25)15-6-2-14(3-7-15)12-22-19(24)18-11-17(23-27-18)10-13-4-8-16(21)9-5-13/h2-9,18H,10-12H2,1H3,(H,22,24). The summed E-state index contributed by atoms with van der Waals surface area (Å²) in [6, 6.07) is 12.9. The van der Waals surface area contributed by atoms with Crippen LogP contribution in [0.1, 0.15) is 27.9 Å². The van der Waals surface area contributed by atoms with Crippen molar-refractivity contribution in [2.75, 3.05) is 7.11 Å². The van der Waals surface area contributed by atoms with E-state index >= 15 is 0 Å². The minimum Gasteiger partial charge on any atom is -0.465 e. The fourth-order valence-corrected chi connectivity index (χ4v) is 2.69. The van der Waals surface area contributed by atoms with Gasteiger partial charge in [0.2, 0.25) is 6.10 Å². The fraction of sp³-hybridized carbons (Fsp3) is 0.250. The maximum Gasteiger partial charge on any atom is 0.337 e. The van der Waals surface area contributed by atoms with Crippen molar-refractivity contribution in [2.24, 2.45) is 5.16 Å². The molecule has 1 atom stereocenters. The summed E-state index contributed by atoms with van der Waals surface area (Å²) in [5.74, 6) is -0.957. The highest BCUT2D eigenvalue weighted by molar-refractivity contribution is 5.94. The molecule has 1 amide bonds. The van der Waals surface area contributed by atoms with Gasteiger partial charge in [-0.3, -0.25) is 4.79 Å². The van der Waals surface area contributed by atoms with Crippen molar-refractivity contribution in [1.29, 1.82) is 0 Å². The minimum atomic E-state index is -0.671. The third-order valence-electron chi connectivity index (χ3n) is 4.19. The van der Waals surface area contributed by atoms with Gasteiger partial charge < -0.3 is 14.9 Å². The Labute approximate surface area is 156 Å². The molecular weight excluding hydrogens is 351 g/mol. The maximum absolute atomic E-state index is 12.9. The summed E-state index contributed by atoms with van der Waals surface area (Å²) < 4.78 is 17.6. The summed E-state index contributed by atoms with van der Waals surface area (Å²) in [7, 11) is 1.32. The number of nitrogens with zero attached hydrogens (tertiary/aromatic N) is 1. The molecular formula is C20H19FN2O4. The molecule has 7 heteroatoms. The van der Waals surface area contributed by atoms with Crippen LogP contribution in [0.5, 0.6) is 0 Å². The third kappa shape index (κ3) is 4.91. The summed E-state index contributed by atoms with van der Waals surface area (Å²) in [6.07, 6.45) is 0.235. The second kappa shape index (κ2) is 8.44. The summed E-state index contributed by atoms with van der Waals surface area (Å²) in [5.41, 5.74) is 2.95. The molecule has 0 saturated carbocycles. The second-order valence-electron chi connectivity index (χ2n) is 6.17. The lowest BCUT2D eigenvalue weighted by atomic mass is 10.0. The van der Waals surface area contributed by atoms with Crippen LogP contribution in [0, 0.1) is 5.82 Å². The third-order valence-corrected chi connectivity index (χ3v) is 4.19. The van der Waals surface area contributed by atoms with E-state index in [0.29, 0.717) is 24.9 Å². The normalized spacial score (nSPS) is 15.6. The Bertz CT molecular complexity index is 847. The number of ether oxygens (including phenoxy) is 1. The van der Waals surface area contributed by atoms with Gasteiger partial charge in [0, 0.05) is 19.4 Å². The molecule has 1 heterocycles. The van der Waals surface area contributed by atoms with Crippen LogP contribution in [-0.4, -0.2) is 30.8 Å². The monoisotopic (exact) mass is 370 g/mol. The number of benzene rings is 2. The number of esters is 1. The number of oxime groups is 1. The zero-order valence-corrected chi connectivity index (χ0v) is 14.8. The van der Waals surface area contributed by atoms with Gasteiger partial charge in [0.1, 0.15) is 5.82 Å². The van der Waals surface area contributed by atoms with E-state index in [9.17, 15) is 14.0 Å². The van der Waals surface area contributed by atoms with Crippen molar-refractivity contribution in [3.63, 3.8) is 0 Å². The SMILES string of the molecule is COC(=O)c1ccc(CNC(=O)C2CC(Cc3ccc(F)cc3)=NO2)cc1. The van der Waals surface area contributed by atoms with Crippen molar-refractivity contribution in [3.05, 3.63) is 71.0 Å². The molecule has 6 nitrogen and oxygen atoms in total. The van der Waals surface area contributed by atoms with Crippen LogP contribution in [-0.2, 0) is 27.3 Å². The van der Waals surface area contributed by atoms with Gasteiger partial charge in [0.05, 0.1) is 18.4 Å². The first-order chi connectivity index (χ1) is 13.0. The van der Waals surface area contributed by atoms with Crippen LogP contribution in [0.2, 0.25) is 0 Å². The molecule has 0 saturated heterocycles. The minimum absolute atomic E-state index is 0.259. The van der Waals surface area contributed by atoms with Gasteiger partial charge in [0.15, 0.2) is 0 Å². The lowest BCUT2D eigenvalue weighted by molar-refractivity contribution is -0.131. The Hall–Kier alpha value is -3.22. The van der Waals surface area contributed by atoms with Crippen LogP contribution in [0.4, 0.5) is 4.39 Å². The van der Waals surface area contributed by atoms with Gasteiger partial charge >= 0.3 is 5.97 Å². The Morgan fingerprint density at radius 1 is 1.15 bits per heavy atom. The molecule has 1 aliphatic heterocycles. The first-order valence-electron chi connectivity index (χ1n) is 8.46. The van der Waals surface area contributed by atoms with Crippen LogP contribution in [0.3, 0.4) is 0 Å². The molecule has 0 aromatic heterocycles. The van der Waals surface area contributed by atoms with E-state index in [2.05, 4.69) is 15.2 Å². The Morgan fingerprint density at radius 2 is 1.81 bits per heavy atom. The number of carbonyl (C=O) groups is 2. The van der Waals surface area contributed by atoms with Gasteiger partial charge in [-0.05, 0) is 35.4 Å². The topological polar surface area (TPSA) is 77.0 Å². The highest BCUT2D eigenvalue weighted by Gasteiger charge is 2.27. The van der Waals surface area contributed by atoms with Gasteiger partial charge in [-0.1, -0.05) is 29.4 Å². The number of amides is 1.